The number of nitrogens with zero attached hydrogens (tertiary/aromatic N) is 2. The second kappa shape index (κ2) is 9.62. The lowest BCUT2D eigenvalue weighted by molar-refractivity contribution is -0.117. The average Bonchev–Trinajstić information content (AvgIpc) is 3.18. The van der Waals surface area contributed by atoms with E-state index >= 15 is 0 Å². The van der Waals surface area contributed by atoms with E-state index in [1.807, 2.05) is 18.2 Å². The molecular formula is C22H28ClN3O3S. The molecule has 30 heavy (non-hydrogen) atoms. The fourth-order valence-corrected chi connectivity index (χ4v) is 5.27. The summed E-state index contributed by atoms with van der Waals surface area (Å²) in [6, 6.07) is 7.57. The van der Waals surface area contributed by atoms with Gasteiger partial charge in [0, 0.05) is 31.2 Å². The number of carbonyl (C=O) groups is 1. The lowest BCUT2D eigenvalue weighted by Gasteiger charge is -2.21. The van der Waals surface area contributed by atoms with Crippen LogP contribution in [0.25, 0.3) is 10.9 Å². The second-order valence-electron chi connectivity index (χ2n) is 8.27. The number of carbonyl (C=O) groups excluding carboxylic acids is 1. The monoisotopic (exact) mass is 449 g/mol. The largest absolute Gasteiger partial charge is 0.354 e. The minimum Gasteiger partial charge on any atom is -0.354 e. The molecule has 1 aliphatic carbocycles. The van der Waals surface area contributed by atoms with Gasteiger partial charge >= 0.3 is 0 Å². The molecule has 0 spiro atoms. The highest BCUT2D eigenvalue weighted by Gasteiger charge is 2.26. The van der Waals surface area contributed by atoms with E-state index in [1.54, 1.807) is 12.3 Å². The first-order valence-electron chi connectivity index (χ1n) is 10.6. The first-order valence-corrected chi connectivity index (χ1v) is 12.5. The summed E-state index contributed by atoms with van der Waals surface area (Å²) in [6.07, 6.45) is 8.85. The molecule has 2 atom stereocenters. The van der Waals surface area contributed by atoms with Crippen molar-refractivity contribution in [2.24, 2.45) is 5.92 Å². The number of aromatic nitrogens is 1. The van der Waals surface area contributed by atoms with Crippen molar-refractivity contribution in [3.63, 3.8) is 0 Å². The highest BCUT2D eigenvalue weighted by atomic mass is 35.5. The minimum atomic E-state index is -1.27. The standard InChI is InChI=1S/C22H28ClN3O3S/c1-30(28)29-16-11-12-26(14-16)20-10-7-17-19(24-20)9-8-18(23)22(17)25-21(27)13-15-5-3-2-4-6-15/h7-10,15-16H,2-6,11-14H2,1H3,(H,25,27)/t16-,30?/m0/s1. The van der Waals surface area contributed by atoms with Crippen LogP contribution >= 0.6 is 11.6 Å². The van der Waals surface area contributed by atoms with E-state index in [0.29, 0.717) is 29.6 Å². The van der Waals surface area contributed by atoms with E-state index in [0.717, 1.165) is 42.5 Å². The zero-order chi connectivity index (χ0) is 21.1. The van der Waals surface area contributed by atoms with E-state index in [4.69, 9.17) is 20.8 Å². The highest BCUT2D eigenvalue weighted by molar-refractivity contribution is 7.79. The van der Waals surface area contributed by atoms with Gasteiger partial charge in [-0.3, -0.25) is 8.98 Å². The fourth-order valence-electron chi connectivity index (χ4n) is 4.52. The Balaban J connectivity index is 1.49. The van der Waals surface area contributed by atoms with Crippen molar-refractivity contribution in [2.45, 2.75) is 51.0 Å². The highest BCUT2D eigenvalue weighted by Crippen LogP contribution is 2.33. The third kappa shape index (κ3) is 5.13. The van der Waals surface area contributed by atoms with Gasteiger partial charge in [0.1, 0.15) is 5.82 Å². The summed E-state index contributed by atoms with van der Waals surface area (Å²) in [5.74, 6) is 1.34. The van der Waals surface area contributed by atoms with Crippen LogP contribution in [-0.2, 0) is 20.1 Å². The van der Waals surface area contributed by atoms with Gasteiger partial charge in [-0.1, -0.05) is 30.9 Å². The van der Waals surface area contributed by atoms with Crippen molar-refractivity contribution < 1.29 is 13.2 Å². The quantitative estimate of drug-likeness (QED) is 0.692. The summed E-state index contributed by atoms with van der Waals surface area (Å²) in [7, 11) is 0. The normalized spacial score (nSPS) is 21.1. The molecule has 0 radical (unpaired) electrons. The Morgan fingerprint density at radius 3 is 2.80 bits per heavy atom. The zero-order valence-electron chi connectivity index (χ0n) is 17.2. The number of nitrogens with one attached hydrogen (secondary N) is 1. The summed E-state index contributed by atoms with van der Waals surface area (Å²) in [5, 5.41) is 4.40. The third-order valence-electron chi connectivity index (χ3n) is 6.01. The van der Waals surface area contributed by atoms with Gasteiger partial charge < -0.3 is 10.2 Å². The Morgan fingerprint density at radius 1 is 1.23 bits per heavy atom. The predicted molar refractivity (Wildman–Crippen MR) is 122 cm³/mol. The van der Waals surface area contributed by atoms with E-state index in [9.17, 15) is 9.00 Å². The van der Waals surface area contributed by atoms with Crippen LogP contribution in [0.15, 0.2) is 24.3 Å². The van der Waals surface area contributed by atoms with Crippen LogP contribution in [0, 0.1) is 5.92 Å². The Kier molecular flexibility index (Phi) is 6.91. The number of hydrogen-bond donors (Lipinski definition) is 1. The molecule has 4 rings (SSSR count). The summed E-state index contributed by atoms with van der Waals surface area (Å²) >= 11 is 5.16. The minimum absolute atomic E-state index is 0.0208. The van der Waals surface area contributed by atoms with Crippen molar-refractivity contribution in [2.75, 3.05) is 29.6 Å². The van der Waals surface area contributed by atoms with E-state index in [-0.39, 0.29) is 12.0 Å². The molecule has 2 aliphatic rings. The van der Waals surface area contributed by atoms with Gasteiger partial charge in [-0.2, -0.15) is 0 Å². The number of pyridine rings is 1. The second-order valence-corrected chi connectivity index (χ2v) is 9.67. The molecule has 1 aromatic carbocycles. The van der Waals surface area contributed by atoms with E-state index in [2.05, 4.69) is 10.2 Å². The topological polar surface area (TPSA) is 71.5 Å². The summed E-state index contributed by atoms with van der Waals surface area (Å²) in [4.78, 5) is 19.6. The van der Waals surface area contributed by atoms with Gasteiger partial charge in [-0.25, -0.2) is 9.19 Å². The molecule has 0 bridgehead atoms. The first kappa shape index (κ1) is 21.5. The maximum atomic E-state index is 12.6. The molecule has 1 unspecified atom stereocenters. The summed E-state index contributed by atoms with van der Waals surface area (Å²) in [6.45, 7) is 1.47. The van der Waals surface area contributed by atoms with Crippen LogP contribution in [0.1, 0.15) is 44.9 Å². The van der Waals surface area contributed by atoms with Gasteiger partial charge in [0.05, 0.1) is 22.3 Å². The molecule has 2 heterocycles. The molecule has 1 aliphatic heterocycles. The molecule has 1 N–H and O–H groups in total. The van der Waals surface area contributed by atoms with Gasteiger partial charge in [0.15, 0.2) is 11.1 Å². The zero-order valence-corrected chi connectivity index (χ0v) is 18.8. The Bertz CT molecular complexity index is 949. The Morgan fingerprint density at radius 2 is 2.03 bits per heavy atom. The number of hydrogen-bond acceptors (Lipinski definition) is 5. The SMILES string of the molecule is CS(=O)O[C@H]1CCN(c2ccc3c(NC(=O)CC4CCCCC4)c(Cl)ccc3n2)C1. The van der Waals surface area contributed by atoms with Crippen LogP contribution in [0.3, 0.4) is 0 Å². The molecule has 1 amide bonds. The van der Waals surface area contributed by atoms with Gasteiger partial charge in [-0.15, -0.1) is 0 Å². The molecule has 162 valence electrons. The molecule has 8 heteroatoms. The van der Waals surface area contributed by atoms with Crippen molar-refractivity contribution >= 4 is 51.0 Å². The van der Waals surface area contributed by atoms with Crippen LogP contribution < -0.4 is 10.2 Å². The van der Waals surface area contributed by atoms with E-state index < -0.39 is 11.1 Å². The molecule has 1 aromatic heterocycles. The Labute approximate surface area is 185 Å². The van der Waals surface area contributed by atoms with Gasteiger partial charge in [0.25, 0.3) is 0 Å². The molecule has 1 saturated heterocycles. The molecular weight excluding hydrogens is 422 g/mol. The Hall–Kier alpha value is -1.70. The number of rotatable bonds is 6. The van der Waals surface area contributed by atoms with Crippen molar-refractivity contribution in [3.05, 3.63) is 29.3 Å². The maximum Gasteiger partial charge on any atom is 0.224 e. The van der Waals surface area contributed by atoms with Crippen LogP contribution in [-0.4, -0.2) is 40.5 Å². The van der Waals surface area contributed by atoms with Crippen LogP contribution in [0.2, 0.25) is 5.02 Å². The fraction of sp³-hybridized carbons (Fsp3) is 0.545. The first-order chi connectivity index (χ1) is 14.5. The third-order valence-corrected chi connectivity index (χ3v) is 6.87. The number of amides is 1. The lowest BCUT2D eigenvalue weighted by atomic mass is 9.87. The molecule has 6 nitrogen and oxygen atoms in total. The predicted octanol–water partition coefficient (Wildman–Crippen LogP) is 4.69. The number of anilines is 2. The van der Waals surface area contributed by atoms with Gasteiger partial charge in [-0.05, 0) is 49.4 Å². The average molecular weight is 450 g/mol. The van der Waals surface area contributed by atoms with Crippen molar-refractivity contribution in [1.82, 2.24) is 4.98 Å². The number of halogens is 1. The maximum absolute atomic E-state index is 12.6. The number of fused-ring (bicyclic) bond motifs is 1. The molecule has 2 aromatic rings. The smallest absolute Gasteiger partial charge is 0.224 e. The molecule has 1 saturated carbocycles. The number of benzene rings is 1. The lowest BCUT2D eigenvalue weighted by Crippen LogP contribution is -2.24. The van der Waals surface area contributed by atoms with Gasteiger partial charge in [0.2, 0.25) is 5.91 Å². The van der Waals surface area contributed by atoms with E-state index in [1.165, 1.54) is 19.3 Å². The van der Waals surface area contributed by atoms with Crippen molar-refractivity contribution in [1.29, 1.82) is 0 Å². The van der Waals surface area contributed by atoms with Crippen LogP contribution in [0.5, 0.6) is 0 Å². The summed E-state index contributed by atoms with van der Waals surface area (Å²) < 4.78 is 16.7. The van der Waals surface area contributed by atoms with Crippen molar-refractivity contribution in [3.8, 4) is 0 Å². The summed E-state index contributed by atoms with van der Waals surface area (Å²) in [5.41, 5.74) is 1.42. The van der Waals surface area contributed by atoms with Crippen LogP contribution in [0.4, 0.5) is 11.5 Å². The molecule has 2 fully saturated rings.